The average molecular weight is 118 g/mol. The van der Waals surface area contributed by atoms with E-state index in [4.69, 9.17) is 14.4 Å². The molecule has 0 radical (unpaired) electrons. The van der Waals surface area contributed by atoms with Crippen molar-refractivity contribution in [2.24, 2.45) is 11.5 Å². The third-order valence-electron chi connectivity index (χ3n) is 0.0556. The number of rotatable bonds is 1. The Bertz CT molecular complexity index is 80.5. The summed E-state index contributed by atoms with van der Waals surface area (Å²) in [6, 6.07) is -0.833. The zero-order valence-corrected chi connectivity index (χ0v) is 4.03. The van der Waals surface area contributed by atoms with Crippen molar-refractivity contribution in [1.29, 1.82) is 0 Å². The summed E-state index contributed by atoms with van der Waals surface area (Å²) in [7, 11) is 0. The van der Waals surface area contributed by atoms with Crippen LogP contribution in [0.1, 0.15) is 0 Å². The van der Waals surface area contributed by atoms with E-state index in [1.54, 1.807) is 0 Å². The highest BCUT2D eigenvalue weighted by Gasteiger charge is 1.60. The van der Waals surface area contributed by atoms with Crippen molar-refractivity contribution in [3.8, 4) is 0 Å². The van der Waals surface area contributed by atoms with Crippen molar-refractivity contribution in [3.05, 3.63) is 0 Å². The molecule has 0 spiro atoms. The molecule has 0 fully saturated rings. The Balaban J connectivity index is 0. The van der Waals surface area contributed by atoms with E-state index in [-0.39, 0.29) is 12.6 Å². The molecule has 5 heteroatoms. The third-order valence-corrected chi connectivity index (χ3v) is 0.0556. The van der Waals surface area contributed by atoms with Crippen molar-refractivity contribution in [2.45, 2.75) is 0 Å². The number of carbonyl (C=O) groups is 3. The Morgan fingerprint density at radius 3 is 1.25 bits per heavy atom. The van der Waals surface area contributed by atoms with E-state index >= 15 is 0 Å². The largest absolute Gasteiger partial charge is 0.352 e. The van der Waals surface area contributed by atoms with Gasteiger partial charge in [0.05, 0.1) is 0 Å². The van der Waals surface area contributed by atoms with E-state index in [2.05, 4.69) is 11.5 Å². The van der Waals surface area contributed by atoms with Crippen LogP contribution in [0.3, 0.4) is 0 Å². The zero-order valence-electron chi connectivity index (χ0n) is 4.03. The number of urea groups is 1. The lowest BCUT2D eigenvalue weighted by molar-refractivity contribution is -0.122. The summed E-state index contributed by atoms with van der Waals surface area (Å²) in [4.78, 5) is 26.6. The summed E-state index contributed by atoms with van der Waals surface area (Å²) in [6.45, 7) is 0. The molecule has 0 heterocycles. The Morgan fingerprint density at radius 1 is 1.12 bits per heavy atom. The molecule has 5 nitrogen and oxygen atoms in total. The van der Waals surface area contributed by atoms with Gasteiger partial charge in [0, 0.05) is 0 Å². The average Bonchev–Trinajstić information content (AvgIpc) is 1.65. The van der Waals surface area contributed by atoms with Crippen LogP contribution in [-0.2, 0) is 9.59 Å². The van der Waals surface area contributed by atoms with E-state index in [0.29, 0.717) is 0 Å². The van der Waals surface area contributed by atoms with Gasteiger partial charge in [-0.1, -0.05) is 0 Å². The van der Waals surface area contributed by atoms with Crippen molar-refractivity contribution < 1.29 is 14.4 Å². The second-order valence-corrected chi connectivity index (χ2v) is 0.675. The summed E-state index contributed by atoms with van der Waals surface area (Å²) >= 11 is 0. The summed E-state index contributed by atoms with van der Waals surface area (Å²) in [5.41, 5.74) is 8.50. The Labute approximate surface area is 45.6 Å². The molecule has 0 aromatic rings. The van der Waals surface area contributed by atoms with Crippen LogP contribution in [0.25, 0.3) is 0 Å². The van der Waals surface area contributed by atoms with Crippen LogP contribution in [0.4, 0.5) is 4.79 Å². The fraction of sp³-hybridized carbons (Fsp3) is 0. The Morgan fingerprint density at radius 2 is 1.25 bits per heavy atom. The number of nitrogens with two attached hydrogens (primary N) is 2. The van der Waals surface area contributed by atoms with Gasteiger partial charge in [-0.25, -0.2) is 4.79 Å². The van der Waals surface area contributed by atoms with Gasteiger partial charge < -0.3 is 11.5 Å². The minimum Gasteiger partial charge on any atom is -0.352 e. The molecule has 0 aromatic carbocycles. The van der Waals surface area contributed by atoms with Gasteiger partial charge >= 0.3 is 6.03 Å². The van der Waals surface area contributed by atoms with Gasteiger partial charge in [-0.05, 0) is 0 Å². The molecule has 0 aliphatic carbocycles. The number of aldehydes is 2. The number of primary amides is 2. The van der Waals surface area contributed by atoms with Crippen LogP contribution in [0.5, 0.6) is 0 Å². The number of hydrogen-bond donors (Lipinski definition) is 2. The van der Waals surface area contributed by atoms with Gasteiger partial charge in [0.25, 0.3) is 0 Å². The van der Waals surface area contributed by atoms with Crippen LogP contribution < -0.4 is 11.5 Å². The molecule has 0 aromatic heterocycles. The summed E-state index contributed by atoms with van der Waals surface area (Å²) in [5.74, 6) is 0. The van der Waals surface area contributed by atoms with Gasteiger partial charge in [-0.15, -0.1) is 0 Å². The predicted octanol–water partition coefficient (Wildman–Crippen LogP) is -1.59. The smallest absolute Gasteiger partial charge is 0.309 e. The molecular formula is C3H6N2O3. The first kappa shape index (κ1) is 9.79. The molecule has 8 heavy (non-hydrogen) atoms. The van der Waals surface area contributed by atoms with E-state index in [0.717, 1.165) is 0 Å². The van der Waals surface area contributed by atoms with Crippen LogP contribution in [-0.4, -0.2) is 18.6 Å². The predicted molar refractivity (Wildman–Crippen MR) is 25.9 cm³/mol. The van der Waals surface area contributed by atoms with Crippen molar-refractivity contribution in [1.82, 2.24) is 0 Å². The maximum absolute atomic E-state index is 9.00. The summed E-state index contributed by atoms with van der Waals surface area (Å²) < 4.78 is 0. The quantitative estimate of drug-likeness (QED) is 0.320. The molecule has 0 saturated heterocycles. The molecule has 0 atom stereocenters. The molecule has 46 valence electrons. The minimum atomic E-state index is -0.833. The molecular weight excluding hydrogens is 112 g/mol. The third kappa shape index (κ3) is 395. The van der Waals surface area contributed by atoms with Gasteiger partial charge in [0.1, 0.15) is 0 Å². The van der Waals surface area contributed by atoms with Gasteiger partial charge in [-0.3, -0.25) is 9.59 Å². The molecule has 0 saturated carbocycles. The van der Waals surface area contributed by atoms with Crippen molar-refractivity contribution in [3.63, 3.8) is 0 Å². The van der Waals surface area contributed by atoms with Crippen LogP contribution in [0.2, 0.25) is 0 Å². The molecule has 0 rings (SSSR count). The van der Waals surface area contributed by atoms with Crippen LogP contribution in [0.15, 0.2) is 0 Å². The normalized spacial score (nSPS) is 5.50. The summed E-state index contributed by atoms with van der Waals surface area (Å²) in [6.07, 6.45) is 0.389. The SMILES string of the molecule is NC(N)=O.O=CC=O. The second kappa shape index (κ2) is 9.15. The highest BCUT2D eigenvalue weighted by Crippen LogP contribution is 1.25. The molecule has 0 bridgehead atoms. The Kier molecular flexibility index (Phi) is 11.2. The van der Waals surface area contributed by atoms with Gasteiger partial charge in [0.15, 0.2) is 12.6 Å². The maximum Gasteiger partial charge on any atom is 0.309 e. The monoisotopic (exact) mass is 118 g/mol. The maximum atomic E-state index is 9.00. The molecule has 4 N–H and O–H groups in total. The van der Waals surface area contributed by atoms with E-state index < -0.39 is 6.03 Å². The fourth-order valence-corrected chi connectivity index (χ4v) is 0. The number of hydrogen-bond acceptors (Lipinski definition) is 3. The minimum absolute atomic E-state index is 0.194. The van der Waals surface area contributed by atoms with Crippen LogP contribution in [0, 0.1) is 0 Å². The van der Waals surface area contributed by atoms with Crippen LogP contribution >= 0.6 is 0 Å². The molecule has 0 aliphatic heterocycles. The van der Waals surface area contributed by atoms with E-state index in [1.807, 2.05) is 0 Å². The molecule has 0 unspecified atom stereocenters. The highest BCUT2D eigenvalue weighted by molar-refractivity contribution is 6.09. The Hall–Kier alpha value is -1.39. The first-order valence-corrected chi connectivity index (χ1v) is 1.59. The summed E-state index contributed by atoms with van der Waals surface area (Å²) in [5, 5.41) is 0. The molecule has 0 aliphatic rings. The standard InChI is InChI=1S/C2H2O2.CH4N2O/c3-1-2-4;2-1(3)4/h1-2H;(H4,2,3,4). The second-order valence-electron chi connectivity index (χ2n) is 0.675. The highest BCUT2D eigenvalue weighted by atomic mass is 16.2. The zero-order chi connectivity index (χ0) is 6.99. The molecule has 2 amide bonds. The van der Waals surface area contributed by atoms with E-state index in [9.17, 15) is 0 Å². The topological polar surface area (TPSA) is 103 Å². The van der Waals surface area contributed by atoms with Gasteiger partial charge in [-0.2, -0.15) is 0 Å². The number of amides is 2. The van der Waals surface area contributed by atoms with Gasteiger partial charge in [0.2, 0.25) is 0 Å². The van der Waals surface area contributed by atoms with Crippen molar-refractivity contribution in [2.75, 3.05) is 0 Å². The number of carbonyl (C=O) groups excluding carboxylic acids is 3. The fourth-order valence-electron chi connectivity index (χ4n) is 0. The lowest BCUT2D eigenvalue weighted by Crippen LogP contribution is -2.18. The van der Waals surface area contributed by atoms with Crippen molar-refractivity contribution >= 4 is 18.6 Å². The lowest BCUT2D eigenvalue weighted by atomic mass is 10.9. The lowest BCUT2D eigenvalue weighted by Gasteiger charge is -1.62. The first-order chi connectivity index (χ1) is 3.65. The first-order valence-electron chi connectivity index (χ1n) is 1.59. The van der Waals surface area contributed by atoms with E-state index in [1.165, 1.54) is 0 Å².